The lowest BCUT2D eigenvalue weighted by molar-refractivity contribution is -0.223. The zero-order valence-electron chi connectivity index (χ0n) is 20.7. The van der Waals surface area contributed by atoms with Crippen molar-refractivity contribution in [2.45, 2.75) is 147 Å². The van der Waals surface area contributed by atoms with Crippen LogP contribution in [0.15, 0.2) is 0 Å². The van der Waals surface area contributed by atoms with Crippen molar-refractivity contribution in [3.8, 4) is 0 Å². The molecule has 1 aliphatic rings. The molecule has 0 aromatic heterocycles. The molecule has 1 saturated carbocycles. The summed E-state index contributed by atoms with van der Waals surface area (Å²) in [7, 11) is 0. The molecule has 0 bridgehead atoms. The lowest BCUT2D eigenvalue weighted by Crippen LogP contribution is -2.63. The topological polar surface area (TPSA) is 159 Å². The van der Waals surface area contributed by atoms with Gasteiger partial charge in [0.25, 0.3) is 0 Å². The third kappa shape index (κ3) is 15.7. The second-order valence-corrected chi connectivity index (χ2v) is 9.87. The lowest BCUT2D eigenvalue weighted by Gasteiger charge is -2.39. The molecule has 1 rings (SSSR count). The molecule has 0 unspecified atom stereocenters. The predicted molar refractivity (Wildman–Crippen MR) is 128 cm³/mol. The van der Waals surface area contributed by atoms with Crippen LogP contribution in [0.1, 0.15) is 110 Å². The third-order valence-electron chi connectivity index (χ3n) is 6.27. The maximum Gasteiger partial charge on any atom is 0.303 e. The van der Waals surface area contributed by atoms with Crippen LogP contribution < -0.4 is 0 Å². The van der Waals surface area contributed by atoms with Crippen LogP contribution in [0.5, 0.6) is 0 Å². The first-order valence-corrected chi connectivity index (χ1v) is 12.9. The van der Waals surface area contributed by atoms with Gasteiger partial charge in [-0.2, -0.15) is 0 Å². The molecule has 0 aromatic rings. The lowest BCUT2D eigenvalue weighted by atomic mass is 9.85. The fourth-order valence-electron chi connectivity index (χ4n) is 3.99. The van der Waals surface area contributed by atoms with Crippen molar-refractivity contribution in [2.75, 3.05) is 0 Å². The molecule has 0 aromatic carbocycles. The van der Waals surface area contributed by atoms with Crippen molar-refractivity contribution in [1.29, 1.82) is 0 Å². The normalized spacial score (nSPS) is 27.3. The van der Waals surface area contributed by atoms with Crippen molar-refractivity contribution in [3.63, 3.8) is 0 Å². The minimum Gasteiger partial charge on any atom is -0.481 e. The van der Waals surface area contributed by atoms with E-state index in [4.69, 9.17) is 35.7 Å². The molecule has 0 heterocycles. The number of unbranched alkanes of at least 4 members (excludes halogenated alkanes) is 12. The molecule has 1 aliphatic carbocycles. The monoisotopic (exact) mass is 478 g/mol. The van der Waals surface area contributed by atoms with Crippen molar-refractivity contribution >= 4 is 5.97 Å². The maximum atomic E-state index is 10.3. The van der Waals surface area contributed by atoms with E-state index in [0.29, 0.717) is 6.42 Å². The Morgan fingerprint density at radius 3 is 1.00 bits per heavy atom. The second-order valence-electron chi connectivity index (χ2n) is 9.87. The van der Waals surface area contributed by atoms with Crippen LogP contribution in [-0.4, -0.2) is 78.3 Å². The van der Waals surface area contributed by atoms with Crippen LogP contribution in [0.25, 0.3) is 0 Å². The van der Waals surface area contributed by atoms with Gasteiger partial charge in [-0.15, -0.1) is 0 Å². The van der Waals surface area contributed by atoms with Crippen molar-refractivity contribution in [2.24, 2.45) is 5.92 Å². The zero-order chi connectivity index (χ0) is 25.2. The highest BCUT2D eigenvalue weighted by molar-refractivity contribution is 5.66. The Morgan fingerprint density at radius 2 is 0.758 bits per heavy atom. The number of rotatable bonds is 16. The summed E-state index contributed by atoms with van der Waals surface area (Å²) >= 11 is 0. The fraction of sp³-hybridized carbons (Fsp3) is 0.960. The highest BCUT2D eigenvalue weighted by Gasteiger charge is 2.47. The van der Waals surface area contributed by atoms with Crippen LogP contribution in [0.3, 0.4) is 0 Å². The van der Waals surface area contributed by atoms with Gasteiger partial charge in [-0.25, -0.2) is 0 Å². The highest BCUT2D eigenvalue weighted by atomic mass is 16.4. The summed E-state index contributed by atoms with van der Waals surface area (Å²) in [5, 5.41) is 62.4. The van der Waals surface area contributed by atoms with E-state index in [9.17, 15) is 4.79 Å². The number of hydrogen-bond acceptors (Lipinski definition) is 7. The smallest absolute Gasteiger partial charge is 0.303 e. The second kappa shape index (κ2) is 19.5. The van der Waals surface area contributed by atoms with Gasteiger partial charge in [0.15, 0.2) is 0 Å². The quantitative estimate of drug-likeness (QED) is 0.167. The molecule has 0 atom stereocenters. The molecule has 1 fully saturated rings. The van der Waals surface area contributed by atoms with E-state index >= 15 is 0 Å². The van der Waals surface area contributed by atoms with Crippen LogP contribution in [0, 0.1) is 5.92 Å². The van der Waals surface area contributed by atoms with E-state index in [-0.39, 0.29) is 0 Å². The van der Waals surface area contributed by atoms with E-state index in [2.05, 4.69) is 13.8 Å². The Labute approximate surface area is 199 Å². The van der Waals surface area contributed by atoms with Gasteiger partial charge < -0.3 is 35.7 Å². The molecule has 0 aliphatic heterocycles. The molecule has 0 spiro atoms. The number of hydrogen-bond donors (Lipinski definition) is 7. The summed E-state index contributed by atoms with van der Waals surface area (Å²) in [4.78, 5) is 10.3. The Kier molecular flexibility index (Phi) is 19.1. The predicted octanol–water partition coefficient (Wildman–Crippen LogP) is 2.74. The summed E-state index contributed by atoms with van der Waals surface area (Å²) in [6.45, 7) is 4.62. The Hall–Kier alpha value is -0.770. The van der Waals surface area contributed by atoms with Crippen molar-refractivity contribution < 1.29 is 40.5 Å². The first-order chi connectivity index (χ1) is 15.6. The molecule has 8 nitrogen and oxygen atoms in total. The number of carboxylic acid groups (broad SMARTS) is 1. The third-order valence-corrected chi connectivity index (χ3v) is 6.27. The van der Waals surface area contributed by atoms with Gasteiger partial charge >= 0.3 is 5.97 Å². The molecular weight excluding hydrogens is 428 g/mol. The van der Waals surface area contributed by atoms with Gasteiger partial charge in [-0.3, -0.25) is 4.79 Å². The average Bonchev–Trinajstić information content (AvgIpc) is 2.77. The summed E-state index contributed by atoms with van der Waals surface area (Å²) < 4.78 is 0. The van der Waals surface area contributed by atoms with Gasteiger partial charge in [-0.1, -0.05) is 97.3 Å². The molecule has 33 heavy (non-hydrogen) atoms. The number of aliphatic hydroxyl groups is 6. The van der Waals surface area contributed by atoms with E-state index < -0.39 is 42.6 Å². The van der Waals surface area contributed by atoms with Crippen LogP contribution >= 0.6 is 0 Å². The molecule has 0 amide bonds. The highest BCUT2D eigenvalue weighted by Crippen LogP contribution is 2.21. The first kappa shape index (κ1) is 32.2. The van der Waals surface area contributed by atoms with Crippen molar-refractivity contribution in [1.82, 2.24) is 0 Å². The van der Waals surface area contributed by atoms with Gasteiger partial charge in [0, 0.05) is 6.42 Å². The van der Waals surface area contributed by atoms with E-state index in [0.717, 1.165) is 18.8 Å². The minimum atomic E-state index is -1.64. The van der Waals surface area contributed by atoms with E-state index in [1.165, 1.54) is 77.0 Å². The van der Waals surface area contributed by atoms with E-state index in [1.807, 2.05) is 0 Å². The van der Waals surface area contributed by atoms with E-state index in [1.54, 1.807) is 0 Å². The maximum absolute atomic E-state index is 10.3. The Morgan fingerprint density at radius 1 is 0.515 bits per heavy atom. The summed E-state index contributed by atoms with van der Waals surface area (Å²) in [6.07, 6.45) is 8.94. The van der Waals surface area contributed by atoms with Crippen LogP contribution in [0.2, 0.25) is 0 Å². The van der Waals surface area contributed by atoms with Gasteiger partial charge in [0.2, 0.25) is 0 Å². The molecule has 8 heteroatoms. The van der Waals surface area contributed by atoms with Gasteiger partial charge in [0.1, 0.15) is 36.6 Å². The molecule has 0 saturated heterocycles. The molecule has 0 radical (unpaired) electrons. The summed E-state index contributed by atoms with van der Waals surface area (Å²) in [5.74, 6) is 0.216. The number of aliphatic carboxylic acids is 1. The Bertz CT molecular complexity index is 415. The standard InChI is InChI=1S/C19H38O2.C6H12O6/c1-18(2)16-14-12-10-8-6-4-3-5-7-9-11-13-15-17-19(20)21;7-1-2(8)4(10)6(12)5(11)3(1)9/h18H,3-17H2,1-2H3,(H,20,21);1-12H. The number of aliphatic hydroxyl groups excluding tert-OH is 6. The number of carbonyl (C=O) groups is 1. The summed E-state index contributed by atoms with van der Waals surface area (Å²) in [6, 6.07) is 0. The summed E-state index contributed by atoms with van der Waals surface area (Å²) in [5.41, 5.74) is 0. The Balaban J connectivity index is 0.000000716. The molecule has 7 N–H and O–H groups in total. The van der Waals surface area contributed by atoms with Crippen LogP contribution in [-0.2, 0) is 4.79 Å². The zero-order valence-corrected chi connectivity index (χ0v) is 20.7. The molecular formula is C25H50O8. The average molecular weight is 479 g/mol. The first-order valence-electron chi connectivity index (χ1n) is 12.9. The minimum absolute atomic E-state index is 0.344. The molecule has 198 valence electrons. The van der Waals surface area contributed by atoms with Crippen LogP contribution in [0.4, 0.5) is 0 Å². The largest absolute Gasteiger partial charge is 0.481 e. The van der Waals surface area contributed by atoms with Crippen molar-refractivity contribution in [3.05, 3.63) is 0 Å². The fourth-order valence-corrected chi connectivity index (χ4v) is 3.99. The number of carboxylic acids is 1. The van der Waals surface area contributed by atoms with Gasteiger partial charge in [-0.05, 0) is 12.3 Å². The SMILES string of the molecule is CC(C)CCCCCCCCCCCCCCCC(=O)O.OC1C(O)C(O)C(O)C(O)C1O. The van der Waals surface area contributed by atoms with Gasteiger partial charge in [0.05, 0.1) is 0 Å².